The van der Waals surface area contributed by atoms with Crippen LogP contribution in [0.15, 0.2) is 18.6 Å². The lowest BCUT2D eigenvalue weighted by Crippen LogP contribution is -2.55. The number of nitrogens with zero attached hydrogens (tertiary/aromatic N) is 3. The zero-order chi connectivity index (χ0) is 10.7. The van der Waals surface area contributed by atoms with E-state index in [-0.39, 0.29) is 0 Å². The van der Waals surface area contributed by atoms with E-state index in [1.54, 1.807) is 23.5 Å². The Morgan fingerprint density at radius 2 is 2.47 bits per heavy atom. The number of hydrogen-bond donors (Lipinski definition) is 2. The molecule has 1 atom stereocenters. The highest BCUT2D eigenvalue weighted by molar-refractivity contribution is 5.78. The molecule has 15 heavy (non-hydrogen) atoms. The lowest BCUT2D eigenvalue weighted by atomic mass is 10.2. The molecule has 2 heterocycles. The minimum absolute atomic E-state index is 0.436. The van der Waals surface area contributed by atoms with E-state index < -0.39 is 12.0 Å². The number of anilines is 1. The summed E-state index contributed by atoms with van der Waals surface area (Å²) in [4.78, 5) is 20.8. The molecule has 0 aromatic carbocycles. The van der Waals surface area contributed by atoms with E-state index in [2.05, 4.69) is 15.3 Å². The highest BCUT2D eigenvalue weighted by Gasteiger charge is 2.29. The highest BCUT2D eigenvalue weighted by atomic mass is 16.4. The first-order valence-electron chi connectivity index (χ1n) is 4.75. The molecule has 2 rings (SSSR count). The van der Waals surface area contributed by atoms with Crippen molar-refractivity contribution in [3.05, 3.63) is 18.6 Å². The van der Waals surface area contributed by atoms with E-state index in [1.165, 1.54) is 0 Å². The Morgan fingerprint density at radius 3 is 3.13 bits per heavy atom. The van der Waals surface area contributed by atoms with Gasteiger partial charge in [0.1, 0.15) is 11.9 Å². The second-order valence-corrected chi connectivity index (χ2v) is 3.32. The summed E-state index contributed by atoms with van der Waals surface area (Å²) in [5, 5.41) is 12.1. The van der Waals surface area contributed by atoms with Crippen molar-refractivity contribution in [2.75, 3.05) is 24.5 Å². The minimum Gasteiger partial charge on any atom is -0.480 e. The maximum Gasteiger partial charge on any atom is 0.327 e. The summed E-state index contributed by atoms with van der Waals surface area (Å²) < 4.78 is 0. The average molecular weight is 208 g/mol. The number of nitrogens with one attached hydrogen (secondary N) is 1. The molecular weight excluding hydrogens is 196 g/mol. The standard InChI is InChI=1S/C9H12N4O2/c14-9(15)7-5-11-3-4-13(7)8-6-10-1-2-12-8/h1-2,6-7,11H,3-5H2,(H,14,15)/t7-/m0/s1. The van der Waals surface area contributed by atoms with Crippen LogP contribution in [0.2, 0.25) is 0 Å². The van der Waals surface area contributed by atoms with Crippen molar-refractivity contribution in [1.82, 2.24) is 15.3 Å². The van der Waals surface area contributed by atoms with E-state index in [9.17, 15) is 4.79 Å². The first-order chi connectivity index (χ1) is 7.29. The Labute approximate surface area is 87.0 Å². The summed E-state index contributed by atoms with van der Waals surface area (Å²) >= 11 is 0. The topological polar surface area (TPSA) is 78.4 Å². The van der Waals surface area contributed by atoms with Crippen molar-refractivity contribution < 1.29 is 9.90 Å². The van der Waals surface area contributed by atoms with Gasteiger partial charge in [0.05, 0.1) is 6.20 Å². The van der Waals surface area contributed by atoms with E-state index in [0.717, 1.165) is 6.54 Å². The van der Waals surface area contributed by atoms with Crippen LogP contribution in [0.1, 0.15) is 0 Å². The lowest BCUT2D eigenvalue weighted by Gasteiger charge is -2.33. The van der Waals surface area contributed by atoms with Crippen LogP contribution in [0.4, 0.5) is 5.82 Å². The molecule has 0 unspecified atom stereocenters. The molecule has 0 saturated carbocycles. The molecule has 0 amide bonds. The van der Waals surface area contributed by atoms with Crippen molar-refractivity contribution in [3.63, 3.8) is 0 Å². The zero-order valence-electron chi connectivity index (χ0n) is 8.13. The van der Waals surface area contributed by atoms with Crippen molar-refractivity contribution >= 4 is 11.8 Å². The van der Waals surface area contributed by atoms with Gasteiger partial charge in [0.15, 0.2) is 0 Å². The fourth-order valence-corrected chi connectivity index (χ4v) is 1.64. The number of carbonyl (C=O) groups is 1. The van der Waals surface area contributed by atoms with Crippen LogP contribution in [0.5, 0.6) is 0 Å². The number of carboxylic acid groups (broad SMARTS) is 1. The molecule has 1 aromatic rings. The first kappa shape index (κ1) is 9.85. The van der Waals surface area contributed by atoms with Gasteiger partial charge in [0, 0.05) is 32.0 Å². The molecule has 1 aliphatic heterocycles. The monoisotopic (exact) mass is 208 g/mol. The number of hydrogen-bond acceptors (Lipinski definition) is 5. The van der Waals surface area contributed by atoms with Crippen molar-refractivity contribution in [2.24, 2.45) is 0 Å². The average Bonchev–Trinajstić information content (AvgIpc) is 2.30. The number of aromatic nitrogens is 2. The molecule has 0 aliphatic carbocycles. The van der Waals surface area contributed by atoms with Crippen LogP contribution >= 0.6 is 0 Å². The van der Waals surface area contributed by atoms with E-state index in [1.807, 2.05) is 0 Å². The third-order valence-corrected chi connectivity index (χ3v) is 2.37. The Balaban J connectivity index is 2.22. The SMILES string of the molecule is O=C(O)[C@@H]1CNCCN1c1cnccn1. The molecule has 1 fully saturated rings. The fraction of sp³-hybridized carbons (Fsp3) is 0.444. The molecule has 1 saturated heterocycles. The summed E-state index contributed by atoms with van der Waals surface area (Å²) in [6.45, 7) is 1.84. The summed E-state index contributed by atoms with van der Waals surface area (Å²) in [6.07, 6.45) is 4.72. The van der Waals surface area contributed by atoms with Gasteiger partial charge in [-0.25, -0.2) is 9.78 Å². The zero-order valence-corrected chi connectivity index (χ0v) is 8.13. The third kappa shape index (κ3) is 2.04. The van der Waals surface area contributed by atoms with Gasteiger partial charge in [-0.2, -0.15) is 0 Å². The first-order valence-corrected chi connectivity index (χ1v) is 4.75. The maximum absolute atomic E-state index is 11.0. The van der Waals surface area contributed by atoms with E-state index in [4.69, 9.17) is 5.11 Å². The van der Waals surface area contributed by atoms with Gasteiger partial charge in [-0.05, 0) is 0 Å². The number of piperazine rings is 1. The van der Waals surface area contributed by atoms with Crippen LogP contribution in [0, 0.1) is 0 Å². The molecular formula is C9H12N4O2. The van der Waals surface area contributed by atoms with Crippen molar-refractivity contribution in [1.29, 1.82) is 0 Å². The van der Waals surface area contributed by atoms with Gasteiger partial charge in [0.2, 0.25) is 0 Å². The smallest absolute Gasteiger partial charge is 0.327 e. The van der Waals surface area contributed by atoms with Gasteiger partial charge in [0.25, 0.3) is 0 Å². The Bertz CT molecular complexity index is 343. The van der Waals surface area contributed by atoms with Crippen LogP contribution in [0.25, 0.3) is 0 Å². The van der Waals surface area contributed by atoms with Gasteiger partial charge >= 0.3 is 5.97 Å². The number of rotatable bonds is 2. The van der Waals surface area contributed by atoms with E-state index >= 15 is 0 Å². The highest BCUT2D eigenvalue weighted by Crippen LogP contribution is 2.13. The summed E-state index contributed by atoms with van der Waals surface area (Å²) in [6, 6.07) is -0.560. The van der Waals surface area contributed by atoms with Gasteiger partial charge in [-0.3, -0.25) is 4.98 Å². The van der Waals surface area contributed by atoms with Crippen molar-refractivity contribution in [3.8, 4) is 0 Å². The van der Waals surface area contributed by atoms with Crippen LogP contribution < -0.4 is 10.2 Å². The molecule has 0 spiro atoms. The van der Waals surface area contributed by atoms with Gasteiger partial charge < -0.3 is 15.3 Å². The molecule has 80 valence electrons. The lowest BCUT2D eigenvalue weighted by molar-refractivity contribution is -0.138. The Kier molecular flexibility index (Phi) is 2.77. The molecule has 1 aliphatic rings. The van der Waals surface area contributed by atoms with Crippen LogP contribution in [0.3, 0.4) is 0 Å². The summed E-state index contributed by atoms with van der Waals surface area (Å²) in [5.41, 5.74) is 0. The van der Waals surface area contributed by atoms with E-state index in [0.29, 0.717) is 18.9 Å². The Morgan fingerprint density at radius 1 is 1.60 bits per heavy atom. The van der Waals surface area contributed by atoms with Gasteiger partial charge in [-0.1, -0.05) is 0 Å². The Hall–Kier alpha value is -1.69. The predicted molar refractivity (Wildman–Crippen MR) is 53.7 cm³/mol. The third-order valence-electron chi connectivity index (χ3n) is 2.37. The molecule has 1 aromatic heterocycles. The number of carboxylic acids is 1. The molecule has 0 radical (unpaired) electrons. The van der Waals surface area contributed by atoms with Crippen molar-refractivity contribution in [2.45, 2.75) is 6.04 Å². The largest absolute Gasteiger partial charge is 0.480 e. The van der Waals surface area contributed by atoms with Gasteiger partial charge in [-0.15, -0.1) is 0 Å². The van der Waals surface area contributed by atoms with Crippen LogP contribution in [-0.2, 0) is 4.79 Å². The molecule has 6 heteroatoms. The minimum atomic E-state index is -0.840. The second-order valence-electron chi connectivity index (χ2n) is 3.32. The fourth-order valence-electron chi connectivity index (χ4n) is 1.64. The molecule has 2 N–H and O–H groups in total. The maximum atomic E-state index is 11.0. The normalized spacial score (nSPS) is 21.3. The molecule has 0 bridgehead atoms. The summed E-state index contributed by atoms with van der Waals surface area (Å²) in [7, 11) is 0. The quantitative estimate of drug-likeness (QED) is 0.671. The predicted octanol–water partition coefficient (Wildman–Crippen LogP) is -0.661. The van der Waals surface area contributed by atoms with Crippen LogP contribution in [-0.4, -0.2) is 46.7 Å². The summed E-state index contributed by atoms with van der Waals surface area (Å²) in [5.74, 6) is -0.223. The molecule has 6 nitrogen and oxygen atoms in total. The number of aliphatic carboxylic acids is 1. The second kappa shape index (κ2) is 4.22.